The molecule has 1 aliphatic heterocycles. The van der Waals surface area contributed by atoms with E-state index < -0.39 is 0 Å². The van der Waals surface area contributed by atoms with Gasteiger partial charge >= 0.3 is 0 Å². The second kappa shape index (κ2) is 3.54. The van der Waals surface area contributed by atoms with Crippen molar-refractivity contribution in [3.05, 3.63) is 0 Å². The van der Waals surface area contributed by atoms with E-state index in [-0.39, 0.29) is 0 Å². The molecule has 0 aliphatic carbocycles. The summed E-state index contributed by atoms with van der Waals surface area (Å²) < 4.78 is 0.442. The summed E-state index contributed by atoms with van der Waals surface area (Å²) in [6.07, 6.45) is 1.20. The summed E-state index contributed by atoms with van der Waals surface area (Å²) in [4.78, 5) is 0. The lowest BCUT2D eigenvalue weighted by atomic mass is 10.4. The number of hydrogen-bond donors (Lipinski definition) is 2. The Hall–Kier alpha value is 1.40. The zero-order valence-electron chi connectivity index (χ0n) is 4.28. The molecule has 1 rings (SSSR count). The van der Waals surface area contributed by atoms with Crippen LogP contribution in [0, 0.1) is 0 Å². The third kappa shape index (κ3) is 1.97. The first-order chi connectivity index (χ1) is 3.80. The van der Waals surface area contributed by atoms with E-state index in [2.05, 4.69) is 25.3 Å². The zero-order valence-corrected chi connectivity index (χ0v) is 7.70. The van der Waals surface area contributed by atoms with Gasteiger partial charge < -0.3 is 0 Å². The molecule has 2 atom stereocenters. The molecule has 0 aromatic carbocycles. The zero-order chi connectivity index (χ0) is 5.98. The van der Waals surface area contributed by atoms with Crippen LogP contribution in [0.25, 0.3) is 0 Å². The van der Waals surface area contributed by atoms with Gasteiger partial charge in [-0.2, -0.15) is 25.3 Å². The Morgan fingerprint density at radius 1 is 1.38 bits per heavy atom. The Balaban J connectivity index is 2.28. The van der Waals surface area contributed by atoms with Crippen LogP contribution in [0.1, 0.15) is 6.42 Å². The van der Waals surface area contributed by atoms with Gasteiger partial charge in [-0.15, -0.1) is 0 Å². The van der Waals surface area contributed by atoms with Crippen molar-refractivity contribution in [1.29, 1.82) is 0 Å². The number of hydrogen-bond acceptors (Lipinski definition) is 4. The SMILES string of the molecule is SC1CCSSC1S. The highest BCUT2D eigenvalue weighted by atomic mass is 33.1. The summed E-state index contributed by atoms with van der Waals surface area (Å²) in [5.41, 5.74) is 0. The van der Waals surface area contributed by atoms with Crippen molar-refractivity contribution in [1.82, 2.24) is 0 Å². The maximum absolute atomic E-state index is 4.35. The van der Waals surface area contributed by atoms with Crippen molar-refractivity contribution in [3.8, 4) is 0 Å². The summed E-state index contributed by atoms with van der Waals surface area (Å²) in [5, 5.41) is 0.504. The fourth-order valence-corrected chi connectivity index (χ4v) is 4.17. The van der Waals surface area contributed by atoms with E-state index in [1.807, 2.05) is 21.6 Å². The van der Waals surface area contributed by atoms with Crippen molar-refractivity contribution in [2.75, 3.05) is 5.75 Å². The molecule has 1 saturated heterocycles. The normalized spacial score (nSPS) is 39.8. The van der Waals surface area contributed by atoms with Crippen molar-refractivity contribution < 1.29 is 0 Å². The third-order valence-corrected chi connectivity index (χ3v) is 5.68. The molecule has 4 heteroatoms. The van der Waals surface area contributed by atoms with E-state index in [0.29, 0.717) is 9.83 Å². The number of thiol groups is 2. The Kier molecular flexibility index (Phi) is 3.32. The van der Waals surface area contributed by atoms with Gasteiger partial charge in [-0.05, 0) is 6.42 Å². The minimum absolute atomic E-state index is 0.442. The maximum Gasteiger partial charge on any atom is 0.0692 e. The van der Waals surface area contributed by atoms with Gasteiger partial charge in [-0.3, -0.25) is 0 Å². The number of rotatable bonds is 0. The van der Waals surface area contributed by atoms with Crippen LogP contribution < -0.4 is 0 Å². The van der Waals surface area contributed by atoms with Crippen LogP contribution >= 0.6 is 46.8 Å². The van der Waals surface area contributed by atoms with Gasteiger partial charge in [0.2, 0.25) is 0 Å². The van der Waals surface area contributed by atoms with Crippen LogP contribution in [0.2, 0.25) is 0 Å². The second-order valence-corrected chi connectivity index (χ2v) is 5.86. The predicted molar refractivity (Wildman–Crippen MR) is 50.2 cm³/mol. The molecule has 1 aliphatic rings. The molecule has 1 heterocycles. The van der Waals surface area contributed by atoms with Gasteiger partial charge in [0.15, 0.2) is 0 Å². The fraction of sp³-hybridized carbons (Fsp3) is 1.00. The molecular weight excluding hydrogens is 176 g/mol. The van der Waals surface area contributed by atoms with E-state index >= 15 is 0 Å². The summed E-state index contributed by atoms with van der Waals surface area (Å²) >= 11 is 8.67. The van der Waals surface area contributed by atoms with Gasteiger partial charge in [-0.25, -0.2) is 0 Å². The first-order valence-corrected chi connectivity index (χ1v) is 5.86. The standard InChI is InChI=1S/C4H8S4/c5-3-1-2-7-8-4(3)6/h3-6H,1-2H2. The fourth-order valence-electron chi connectivity index (χ4n) is 0.493. The molecule has 0 spiro atoms. The molecule has 2 unspecified atom stereocenters. The van der Waals surface area contributed by atoms with Crippen molar-refractivity contribution in [3.63, 3.8) is 0 Å². The highest BCUT2D eigenvalue weighted by Crippen LogP contribution is 2.39. The molecule has 0 aromatic rings. The molecule has 0 bridgehead atoms. The maximum atomic E-state index is 4.35. The summed E-state index contributed by atoms with van der Waals surface area (Å²) in [6, 6.07) is 0. The second-order valence-electron chi connectivity index (χ2n) is 1.66. The summed E-state index contributed by atoms with van der Waals surface area (Å²) in [7, 11) is 3.73. The quantitative estimate of drug-likeness (QED) is 0.438. The Bertz CT molecular complexity index is 64.4. The molecule has 48 valence electrons. The van der Waals surface area contributed by atoms with Crippen LogP contribution in [-0.2, 0) is 0 Å². The van der Waals surface area contributed by atoms with Gasteiger partial charge in [0.1, 0.15) is 0 Å². The first-order valence-electron chi connectivity index (χ1n) is 2.45. The van der Waals surface area contributed by atoms with Gasteiger partial charge in [0.05, 0.1) is 4.58 Å². The molecule has 8 heavy (non-hydrogen) atoms. The average Bonchev–Trinajstić information content (AvgIpc) is 1.77. The first kappa shape index (κ1) is 7.51. The molecule has 1 fully saturated rings. The smallest absolute Gasteiger partial charge is 0.0692 e. The van der Waals surface area contributed by atoms with E-state index in [0.717, 1.165) is 0 Å². The van der Waals surface area contributed by atoms with E-state index in [1.165, 1.54) is 12.2 Å². The van der Waals surface area contributed by atoms with E-state index in [1.54, 1.807) is 0 Å². The Morgan fingerprint density at radius 2 is 2.12 bits per heavy atom. The molecular formula is C4H8S4. The topological polar surface area (TPSA) is 0 Å². The monoisotopic (exact) mass is 184 g/mol. The molecule has 0 radical (unpaired) electrons. The van der Waals surface area contributed by atoms with Crippen molar-refractivity contribution >= 4 is 46.8 Å². The van der Waals surface area contributed by atoms with E-state index in [4.69, 9.17) is 0 Å². The van der Waals surface area contributed by atoms with E-state index in [9.17, 15) is 0 Å². The lowest BCUT2D eigenvalue weighted by molar-refractivity contribution is 0.909. The lowest BCUT2D eigenvalue weighted by Crippen LogP contribution is -2.14. The Morgan fingerprint density at radius 3 is 2.50 bits per heavy atom. The predicted octanol–water partition coefficient (Wildman–Crippen LogP) is 2.33. The minimum atomic E-state index is 0.442. The van der Waals surface area contributed by atoms with Gasteiger partial charge in [0.25, 0.3) is 0 Å². The summed E-state index contributed by atoms with van der Waals surface area (Å²) in [6.45, 7) is 0. The highest BCUT2D eigenvalue weighted by Gasteiger charge is 2.18. The van der Waals surface area contributed by atoms with Gasteiger partial charge in [0, 0.05) is 11.0 Å². The minimum Gasteiger partial charge on any atom is -0.174 e. The summed E-state index contributed by atoms with van der Waals surface area (Å²) in [5.74, 6) is 1.23. The van der Waals surface area contributed by atoms with Crippen molar-refractivity contribution in [2.24, 2.45) is 0 Å². The third-order valence-electron chi connectivity index (χ3n) is 0.993. The van der Waals surface area contributed by atoms with Crippen LogP contribution in [-0.4, -0.2) is 15.6 Å². The van der Waals surface area contributed by atoms with Crippen LogP contribution in [0.4, 0.5) is 0 Å². The lowest BCUT2D eigenvalue weighted by Gasteiger charge is -2.21. The molecule has 0 amide bonds. The molecule has 0 saturated carbocycles. The molecule has 0 nitrogen and oxygen atoms in total. The molecule has 0 aromatic heterocycles. The van der Waals surface area contributed by atoms with Crippen LogP contribution in [0.5, 0.6) is 0 Å². The van der Waals surface area contributed by atoms with Gasteiger partial charge in [-0.1, -0.05) is 21.6 Å². The molecule has 0 N–H and O–H groups in total. The van der Waals surface area contributed by atoms with Crippen molar-refractivity contribution in [2.45, 2.75) is 16.3 Å². The highest BCUT2D eigenvalue weighted by molar-refractivity contribution is 8.78. The average molecular weight is 184 g/mol. The van der Waals surface area contributed by atoms with Crippen LogP contribution in [0.15, 0.2) is 0 Å². The largest absolute Gasteiger partial charge is 0.174 e. The van der Waals surface area contributed by atoms with Crippen LogP contribution in [0.3, 0.4) is 0 Å². The Labute approximate surface area is 68.8 Å².